The zero-order valence-electron chi connectivity index (χ0n) is 7.95. The van der Waals surface area contributed by atoms with E-state index in [2.05, 4.69) is 4.98 Å². The maximum absolute atomic E-state index is 13.3. The second-order valence-electron chi connectivity index (χ2n) is 2.99. The molecular formula is C11H6ClF2NS. The smallest absolute Gasteiger partial charge is 0.140 e. The molecule has 16 heavy (non-hydrogen) atoms. The summed E-state index contributed by atoms with van der Waals surface area (Å²) in [7, 11) is 0. The second-order valence-corrected chi connectivity index (χ2v) is 4.49. The average molecular weight is 258 g/mol. The molecular weight excluding hydrogens is 252 g/mol. The van der Waals surface area contributed by atoms with Crippen molar-refractivity contribution < 1.29 is 8.78 Å². The van der Waals surface area contributed by atoms with E-state index in [4.69, 9.17) is 11.6 Å². The molecule has 82 valence electrons. The highest BCUT2D eigenvalue weighted by Crippen LogP contribution is 2.30. The van der Waals surface area contributed by atoms with E-state index in [1.165, 1.54) is 30.1 Å². The highest BCUT2D eigenvalue weighted by Gasteiger charge is 2.06. The van der Waals surface area contributed by atoms with E-state index in [0.717, 1.165) is 11.0 Å². The predicted molar refractivity (Wildman–Crippen MR) is 59.7 cm³/mol. The number of pyridine rings is 1. The molecule has 0 fully saturated rings. The van der Waals surface area contributed by atoms with E-state index in [-0.39, 0.29) is 0 Å². The van der Waals surface area contributed by atoms with Crippen LogP contribution in [0, 0.1) is 11.6 Å². The van der Waals surface area contributed by atoms with Crippen LogP contribution in [0.3, 0.4) is 0 Å². The average Bonchev–Trinajstić information content (AvgIpc) is 2.22. The van der Waals surface area contributed by atoms with Gasteiger partial charge in [0.2, 0.25) is 0 Å². The van der Waals surface area contributed by atoms with Crippen LogP contribution >= 0.6 is 23.4 Å². The Morgan fingerprint density at radius 2 is 1.94 bits per heavy atom. The monoisotopic (exact) mass is 257 g/mol. The topological polar surface area (TPSA) is 12.9 Å². The molecule has 0 atom stereocenters. The number of hydrogen-bond acceptors (Lipinski definition) is 2. The Morgan fingerprint density at radius 1 is 1.12 bits per heavy atom. The SMILES string of the molecule is Fc1ccc(Sc2ccnc(Cl)c2)c(F)c1. The normalized spacial score (nSPS) is 10.4. The zero-order chi connectivity index (χ0) is 11.5. The zero-order valence-corrected chi connectivity index (χ0v) is 9.53. The van der Waals surface area contributed by atoms with Gasteiger partial charge in [-0.1, -0.05) is 23.4 Å². The molecule has 1 aromatic carbocycles. The van der Waals surface area contributed by atoms with Gasteiger partial charge in [0.1, 0.15) is 16.8 Å². The minimum absolute atomic E-state index is 0.340. The van der Waals surface area contributed by atoms with Crippen molar-refractivity contribution in [2.75, 3.05) is 0 Å². The second kappa shape index (κ2) is 4.80. The van der Waals surface area contributed by atoms with Gasteiger partial charge >= 0.3 is 0 Å². The van der Waals surface area contributed by atoms with Gasteiger partial charge in [-0.3, -0.25) is 0 Å². The van der Waals surface area contributed by atoms with Crippen LogP contribution in [-0.4, -0.2) is 4.98 Å². The molecule has 2 aromatic rings. The summed E-state index contributed by atoms with van der Waals surface area (Å²) in [5.41, 5.74) is 0. The number of benzene rings is 1. The summed E-state index contributed by atoms with van der Waals surface area (Å²) in [5.74, 6) is -1.17. The fourth-order valence-corrected chi connectivity index (χ4v) is 2.22. The maximum atomic E-state index is 13.3. The van der Waals surface area contributed by atoms with Crippen molar-refractivity contribution >= 4 is 23.4 Å². The van der Waals surface area contributed by atoms with Crippen molar-refractivity contribution in [1.82, 2.24) is 4.98 Å². The molecule has 0 aliphatic rings. The van der Waals surface area contributed by atoms with Crippen molar-refractivity contribution in [3.05, 3.63) is 53.3 Å². The van der Waals surface area contributed by atoms with Gasteiger partial charge in [0.25, 0.3) is 0 Å². The highest BCUT2D eigenvalue weighted by atomic mass is 35.5. The summed E-state index contributed by atoms with van der Waals surface area (Å²) >= 11 is 6.87. The third-order valence-corrected chi connectivity index (χ3v) is 3.07. The first-order valence-electron chi connectivity index (χ1n) is 4.39. The predicted octanol–water partition coefficient (Wildman–Crippen LogP) is 4.16. The molecule has 0 amide bonds. The van der Waals surface area contributed by atoms with Crippen molar-refractivity contribution in [3.63, 3.8) is 0 Å². The number of nitrogens with zero attached hydrogens (tertiary/aromatic N) is 1. The Morgan fingerprint density at radius 3 is 2.62 bits per heavy atom. The Bertz CT molecular complexity index is 519. The fourth-order valence-electron chi connectivity index (χ4n) is 1.13. The molecule has 0 radical (unpaired) electrons. The molecule has 1 nitrogen and oxygen atoms in total. The first-order chi connectivity index (χ1) is 7.65. The van der Waals surface area contributed by atoms with E-state index in [9.17, 15) is 8.78 Å². The van der Waals surface area contributed by atoms with Gasteiger partial charge in [0.05, 0.1) is 0 Å². The molecule has 1 aromatic heterocycles. The summed E-state index contributed by atoms with van der Waals surface area (Å²) in [6.45, 7) is 0. The number of rotatable bonds is 2. The van der Waals surface area contributed by atoms with Crippen LogP contribution in [-0.2, 0) is 0 Å². The highest BCUT2D eigenvalue weighted by molar-refractivity contribution is 7.99. The maximum Gasteiger partial charge on any atom is 0.140 e. The Kier molecular flexibility index (Phi) is 3.41. The summed E-state index contributed by atoms with van der Waals surface area (Å²) in [6.07, 6.45) is 1.53. The van der Waals surface area contributed by atoms with Crippen LogP contribution in [0.15, 0.2) is 46.3 Å². The lowest BCUT2D eigenvalue weighted by molar-refractivity contribution is 0.565. The first kappa shape index (κ1) is 11.4. The summed E-state index contributed by atoms with van der Waals surface area (Å²) in [5, 5.41) is 0.340. The quantitative estimate of drug-likeness (QED) is 0.749. The van der Waals surface area contributed by atoms with Crippen molar-refractivity contribution in [1.29, 1.82) is 0 Å². The van der Waals surface area contributed by atoms with E-state index < -0.39 is 11.6 Å². The van der Waals surface area contributed by atoms with Crippen molar-refractivity contribution in [2.45, 2.75) is 9.79 Å². The minimum Gasteiger partial charge on any atom is -0.244 e. The first-order valence-corrected chi connectivity index (χ1v) is 5.59. The molecule has 5 heteroatoms. The van der Waals surface area contributed by atoms with E-state index in [0.29, 0.717) is 10.0 Å². The number of hydrogen-bond donors (Lipinski definition) is 0. The van der Waals surface area contributed by atoms with Crippen molar-refractivity contribution in [2.24, 2.45) is 0 Å². The van der Waals surface area contributed by atoms with Gasteiger partial charge in [-0.05, 0) is 24.3 Å². The third kappa shape index (κ3) is 2.71. The molecule has 0 saturated heterocycles. The van der Waals surface area contributed by atoms with Gasteiger partial charge < -0.3 is 0 Å². The lowest BCUT2D eigenvalue weighted by atomic mass is 10.3. The van der Waals surface area contributed by atoms with Gasteiger partial charge in [-0.25, -0.2) is 13.8 Å². The van der Waals surface area contributed by atoms with Crippen LogP contribution in [0.2, 0.25) is 5.15 Å². The molecule has 1 heterocycles. The lowest BCUT2D eigenvalue weighted by Crippen LogP contribution is -1.84. The third-order valence-electron chi connectivity index (χ3n) is 1.82. The number of aromatic nitrogens is 1. The van der Waals surface area contributed by atoms with Crippen LogP contribution in [0.4, 0.5) is 8.78 Å². The fraction of sp³-hybridized carbons (Fsp3) is 0. The molecule has 0 saturated carbocycles. The Hall–Kier alpha value is -1.13. The van der Waals surface area contributed by atoms with E-state index >= 15 is 0 Å². The van der Waals surface area contributed by atoms with Gasteiger partial charge in [-0.2, -0.15) is 0 Å². The molecule has 0 aliphatic carbocycles. The number of halogens is 3. The van der Waals surface area contributed by atoms with Gasteiger partial charge in [0.15, 0.2) is 0 Å². The summed E-state index contributed by atoms with van der Waals surface area (Å²) < 4.78 is 26.0. The molecule has 0 unspecified atom stereocenters. The lowest BCUT2D eigenvalue weighted by Gasteiger charge is -2.03. The largest absolute Gasteiger partial charge is 0.244 e. The van der Waals surface area contributed by atoms with Gasteiger partial charge in [-0.15, -0.1) is 0 Å². The molecule has 0 bridgehead atoms. The Balaban J connectivity index is 2.27. The molecule has 2 rings (SSSR count). The van der Waals surface area contributed by atoms with E-state index in [1.54, 1.807) is 12.1 Å². The van der Waals surface area contributed by atoms with Crippen molar-refractivity contribution in [3.8, 4) is 0 Å². The molecule has 0 spiro atoms. The summed E-state index contributed by atoms with van der Waals surface area (Å²) in [4.78, 5) is 4.92. The molecule has 0 N–H and O–H groups in total. The molecule has 0 aliphatic heterocycles. The van der Waals surface area contributed by atoms with Crippen LogP contribution in [0.5, 0.6) is 0 Å². The van der Waals surface area contributed by atoms with Crippen LogP contribution in [0.1, 0.15) is 0 Å². The van der Waals surface area contributed by atoms with E-state index in [1.807, 2.05) is 0 Å². The van der Waals surface area contributed by atoms with Gasteiger partial charge in [0, 0.05) is 22.1 Å². The van der Waals surface area contributed by atoms with Crippen LogP contribution < -0.4 is 0 Å². The summed E-state index contributed by atoms with van der Waals surface area (Å²) in [6, 6.07) is 6.79. The van der Waals surface area contributed by atoms with Crippen LogP contribution in [0.25, 0.3) is 0 Å². The Labute approximate surface area is 100 Å². The minimum atomic E-state index is -0.588. The standard InChI is InChI=1S/C11H6ClF2NS/c12-11-6-8(3-4-15-11)16-10-2-1-7(13)5-9(10)14/h1-6H.